The normalized spacial score (nSPS) is 11.2. The van der Waals surface area contributed by atoms with Crippen LogP contribution in [0.5, 0.6) is 0 Å². The van der Waals surface area contributed by atoms with Crippen LogP contribution in [0.1, 0.15) is 13.3 Å². The molecule has 0 heterocycles. The molecule has 1 aromatic rings. The van der Waals surface area contributed by atoms with E-state index in [0.29, 0.717) is 17.1 Å². The molecule has 0 aromatic heterocycles. The predicted molar refractivity (Wildman–Crippen MR) is 70.5 cm³/mol. The van der Waals surface area contributed by atoms with Gasteiger partial charge in [0.2, 0.25) is 10.0 Å². The number of nitrogens with zero attached hydrogens (tertiary/aromatic N) is 1. The molecule has 1 rings (SSSR count). The monoisotopic (exact) mass is 291 g/mol. The first-order valence-corrected chi connectivity index (χ1v) is 7.33. The Balaban J connectivity index is 3.13. The molecule has 0 spiro atoms. The summed E-state index contributed by atoms with van der Waals surface area (Å²) in [6.45, 7) is 1.13. The van der Waals surface area contributed by atoms with Crippen LogP contribution in [0.25, 0.3) is 0 Å². The topological polar surface area (TPSA) is 74.7 Å². The van der Waals surface area contributed by atoms with Crippen LogP contribution >= 0.6 is 11.6 Å². The number of halogens is 1. The van der Waals surface area contributed by atoms with E-state index in [4.69, 9.17) is 16.7 Å². The van der Waals surface area contributed by atoms with Crippen molar-refractivity contribution in [3.8, 4) is 0 Å². The fourth-order valence-corrected chi connectivity index (χ4v) is 3.06. The smallest absolute Gasteiger partial charge is 0.324 e. The summed E-state index contributed by atoms with van der Waals surface area (Å²) in [4.78, 5) is 10.8. The Morgan fingerprint density at radius 1 is 1.33 bits per heavy atom. The Kier molecular flexibility index (Phi) is 4.98. The average Bonchev–Trinajstić information content (AvgIpc) is 2.27. The van der Waals surface area contributed by atoms with Crippen LogP contribution in [0, 0.1) is 0 Å². The number of aliphatic carboxylic acids is 1. The van der Waals surface area contributed by atoms with Gasteiger partial charge in [-0.2, -0.15) is 0 Å². The molecule has 0 atom stereocenters. The van der Waals surface area contributed by atoms with Crippen molar-refractivity contribution in [2.45, 2.75) is 13.3 Å². The minimum Gasteiger partial charge on any atom is -0.480 e. The maximum Gasteiger partial charge on any atom is 0.324 e. The van der Waals surface area contributed by atoms with Crippen LogP contribution in [-0.2, 0) is 14.8 Å². The zero-order valence-electron chi connectivity index (χ0n) is 9.84. The first kappa shape index (κ1) is 14.8. The van der Waals surface area contributed by atoms with Crippen LogP contribution in [0.15, 0.2) is 24.3 Å². The van der Waals surface area contributed by atoms with E-state index in [1.54, 1.807) is 6.92 Å². The SMILES string of the molecule is CCCS(=O)(=O)N(CC(=O)O)c1ccc(Cl)cc1. The average molecular weight is 292 g/mol. The number of hydrogen-bond donors (Lipinski definition) is 1. The van der Waals surface area contributed by atoms with Crippen molar-refractivity contribution in [3.63, 3.8) is 0 Å². The summed E-state index contributed by atoms with van der Waals surface area (Å²) in [6, 6.07) is 6.01. The second-order valence-corrected chi connectivity index (χ2v) is 6.14. The van der Waals surface area contributed by atoms with Crippen molar-refractivity contribution in [1.29, 1.82) is 0 Å². The number of hydrogen-bond acceptors (Lipinski definition) is 3. The fourth-order valence-electron chi connectivity index (χ4n) is 1.45. The van der Waals surface area contributed by atoms with Gasteiger partial charge in [-0.3, -0.25) is 9.10 Å². The van der Waals surface area contributed by atoms with E-state index in [1.807, 2.05) is 0 Å². The second-order valence-electron chi connectivity index (χ2n) is 3.69. The maximum absolute atomic E-state index is 12.0. The van der Waals surface area contributed by atoms with Crippen LogP contribution < -0.4 is 4.31 Å². The number of anilines is 1. The van der Waals surface area contributed by atoms with Gasteiger partial charge in [-0.05, 0) is 30.7 Å². The molecule has 0 radical (unpaired) electrons. The Labute approximate surface area is 111 Å². The third kappa shape index (κ3) is 3.89. The lowest BCUT2D eigenvalue weighted by Crippen LogP contribution is -2.37. The van der Waals surface area contributed by atoms with Gasteiger partial charge in [0, 0.05) is 5.02 Å². The molecule has 5 nitrogen and oxygen atoms in total. The van der Waals surface area contributed by atoms with Gasteiger partial charge in [0.15, 0.2) is 0 Å². The second kappa shape index (κ2) is 6.06. The first-order chi connectivity index (χ1) is 8.36. The third-order valence-corrected chi connectivity index (χ3v) is 4.38. The largest absolute Gasteiger partial charge is 0.480 e. The van der Waals surface area contributed by atoms with Gasteiger partial charge in [0.1, 0.15) is 6.54 Å². The van der Waals surface area contributed by atoms with Gasteiger partial charge in [-0.25, -0.2) is 8.42 Å². The first-order valence-electron chi connectivity index (χ1n) is 5.34. The highest BCUT2D eigenvalue weighted by Crippen LogP contribution is 2.21. The third-order valence-electron chi connectivity index (χ3n) is 2.19. The lowest BCUT2D eigenvalue weighted by atomic mass is 10.3. The molecule has 0 aliphatic heterocycles. The molecule has 0 unspecified atom stereocenters. The molecule has 0 saturated heterocycles. The number of sulfonamides is 1. The van der Waals surface area contributed by atoms with Crippen molar-refractivity contribution < 1.29 is 18.3 Å². The molecule has 0 amide bonds. The molecule has 100 valence electrons. The van der Waals surface area contributed by atoms with Gasteiger partial charge in [0.25, 0.3) is 0 Å². The summed E-state index contributed by atoms with van der Waals surface area (Å²) < 4.78 is 24.8. The molecular weight excluding hydrogens is 278 g/mol. The zero-order chi connectivity index (χ0) is 13.8. The zero-order valence-corrected chi connectivity index (χ0v) is 11.4. The Morgan fingerprint density at radius 3 is 2.33 bits per heavy atom. The van der Waals surface area contributed by atoms with Gasteiger partial charge in [0.05, 0.1) is 11.4 Å². The minimum absolute atomic E-state index is 0.0943. The molecule has 0 aliphatic carbocycles. The molecule has 0 saturated carbocycles. The number of rotatable bonds is 6. The number of carboxylic acids is 1. The Bertz CT molecular complexity index is 512. The molecule has 18 heavy (non-hydrogen) atoms. The van der Waals surface area contributed by atoms with E-state index in [-0.39, 0.29) is 5.75 Å². The van der Waals surface area contributed by atoms with Crippen molar-refractivity contribution in [3.05, 3.63) is 29.3 Å². The van der Waals surface area contributed by atoms with Gasteiger partial charge in [-0.1, -0.05) is 18.5 Å². The molecule has 0 fully saturated rings. The van der Waals surface area contributed by atoms with Crippen LogP contribution in [0.2, 0.25) is 5.02 Å². The fraction of sp³-hybridized carbons (Fsp3) is 0.364. The lowest BCUT2D eigenvalue weighted by Gasteiger charge is -2.22. The van der Waals surface area contributed by atoms with Crippen LogP contribution in [-0.4, -0.2) is 31.8 Å². The van der Waals surface area contributed by atoms with E-state index < -0.39 is 22.5 Å². The summed E-state index contributed by atoms with van der Waals surface area (Å²) in [7, 11) is -3.62. The van der Waals surface area contributed by atoms with Crippen LogP contribution in [0.3, 0.4) is 0 Å². The van der Waals surface area contributed by atoms with Crippen LogP contribution in [0.4, 0.5) is 5.69 Å². The molecule has 1 aromatic carbocycles. The summed E-state index contributed by atoms with van der Waals surface area (Å²) in [5.74, 6) is -1.30. The highest BCUT2D eigenvalue weighted by molar-refractivity contribution is 7.92. The van der Waals surface area contributed by atoms with Crippen molar-refractivity contribution in [2.75, 3.05) is 16.6 Å². The quantitative estimate of drug-likeness (QED) is 0.869. The minimum atomic E-state index is -3.62. The molecule has 0 bridgehead atoms. The summed E-state index contributed by atoms with van der Waals surface area (Å²) in [5, 5.41) is 9.26. The lowest BCUT2D eigenvalue weighted by molar-refractivity contribution is -0.135. The standard InChI is InChI=1S/C11H14ClNO4S/c1-2-7-18(16,17)13(8-11(14)15)10-5-3-9(12)4-6-10/h3-6H,2,7-8H2,1H3,(H,14,15). The van der Waals surface area contributed by atoms with E-state index >= 15 is 0 Å². The van der Waals surface area contributed by atoms with E-state index in [1.165, 1.54) is 24.3 Å². The van der Waals surface area contributed by atoms with E-state index in [0.717, 1.165) is 4.31 Å². The molecule has 1 N–H and O–H groups in total. The highest BCUT2D eigenvalue weighted by atomic mass is 35.5. The Hall–Kier alpha value is -1.27. The predicted octanol–water partition coefficient (Wildman–Crippen LogP) is 1.97. The van der Waals surface area contributed by atoms with Gasteiger partial charge < -0.3 is 5.11 Å². The Morgan fingerprint density at radius 2 is 1.89 bits per heavy atom. The number of carboxylic acid groups (broad SMARTS) is 1. The summed E-state index contributed by atoms with van der Waals surface area (Å²) in [6.07, 6.45) is 0.423. The molecular formula is C11H14ClNO4S. The number of benzene rings is 1. The van der Waals surface area contributed by atoms with Gasteiger partial charge >= 0.3 is 5.97 Å². The van der Waals surface area contributed by atoms with E-state index in [9.17, 15) is 13.2 Å². The highest BCUT2D eigenvalue weighted by Gasteiger charge is 2.23. The molecule has 0 aliphatic rings. The van der Waals surface area contributed by atoms with Crippen molar-refractivity contribution in [2.24, 2.45) is 0 Å². The maximum atomic E-state index is 12.0. The summed E-state index contributed by atoms with van der Waals surface area (Å²) >= 11 is 5.71. The van der Waals surface area contributed by atoms with Gasteiger partial charge in [-0.15, -0.1) is 0 Å². The van der Waals surface area contributed by atoms with E-state index in [2.05, 4.69) is 0 Å². The van der Waals surface area contributed by atoms with Crippen molar-refractivity contribution >= 4 is 33.3 Å². The number of carbonyl (C=O) groups is 1. The summed E-state index contributed by atoms with van der Waals surface area (Å²) in [5.41, 5.74) is 0.301. The molecule has 7 heteroatoms. The van der Waals surface area contributed by atoms with Crippen molar-refractivity contribution in [1.82, 2.24) is 0 Å².